The van der Waals surface area contributed by atoms with E-state index in [-0.39, 0.29) is 42.3 Å². The first-order chi connectivity index (χ1) is 8.20. The zero-order valence-corrected chi connectivity index (χ0v) is 12.0. The van der Waals surface area contributed by atoms with E-state index in [0.29, 0.717) is 12.5 Å². The fourth-order valence-corrected chi connectivity index (χ4v) is 2.30. The zero-order valence-electron chi connectivity index (χ0n) is 10.3. The van der Waals surface area contributed by atoms with Gasteiger partial charge in [0.05, 0.1) is 11.8 Å². The van der Waals surface area contributed by atoms with Crippen LogP contribution in [0.3, 0.4) is 0 Å². The molecule has 0 spiro atoms. The first-order valence-corrected chi connectivity index (χ1v) is 5.82. The number of nitrogens with two attached hydrogens (primary N) is 1. The third kappa shape index (κ3) is 4.60. The van der Waals surface area contributed by atoms with E-state index in [4.69, 9.17) is 5.73 Å². The van der Waals surface area contributed by atoms with Gasteiger partial charge in [0.1, 0.15) is 5.82 Å². The molecule has 2 rings (SSSR count). The Kier molecular flexibility index (Phi) is 7.90. The molecule has 7 heteroatoms. The Balaban J connectivity index is 0.00000162. The minimum absolute atomic E-state index is 0. The van der Waals surface area contributed by atoms with Crippen molar-refractivity contribution in [3.05, 3.63) is 29.8 Å². The number of halogens is 3. The Morgan fingerprint density at radius 2 is 2.16 bits per heavy atom. The molecule has 1 aliphatic carbocycles. The average molecular weight is 310 g/mol. The number of nitrogens with zero attached hydrogens (tertiary/aromatic N) is 1. The summed E-state index contributed by atoms with van der Waals surface area (Å²) in [6.45, 7) is 0.576. The van der Waals surface area contributed by atoms with Crippen LogP contribution in [0.1, 0.15) is 29.6 Å². The highest BCUT2D eigenvalue weighted by Crippen LogP contribution is 2.24. The molecule has 0 radical (unpaired) electrons. The van der Waals surface area contributed by atoms with Crippen LogP contribution >= 0.6 is 24.8 Å². The number of carbonyl (C=O) groups excluding carboxylic acids is 1. The Bertz CT molecular complexity index is 420. The van der Waals surface area contributed by atoms with Gasteiger partial charge in [-0.3, -0.25) is 9.78 Å². The first-order valence-electron chi connectivity index (χ1n) is 5.82. The van der Waals surface area contributed by atoms with Gasteiger partial charge in [0.15, 0.2) is 0 Å². The van der Waals surface area contributed by atoms with E-state index >= 15 is 0 Å². The second-order valence-corrected chi connectivity index (χ2v) is 4.40. The number of aromatic nitrogens is 1. The van der Waals surface area contributed by atoms with Crippen molar-refractivity contribution < 1.29 is 9.18 Å². The zero-order chi connectivity index (χ0) is 12.3. The van der Waals surface area contributed by atoms with Crippen molar-refractivity contribution in [2.24, 2.45) is 11.7 Å². The molecule has 19 heavy (non-hydrogen) atoms. The topological polar surface area (TPSA) is 68.0 Å². The van der Waals surface area contributed by atoms with Crippen molar-refractivity contribution in [1.29, 1.82) is 0 Å². The van der Waals surface area contributed by atoms with Crippen molar-refractivity contribution in [3.8, 4) is 0 Å². The van der Waals surface area contributed by atoms with E-state index in [1.54, 1.807) is 0 Å². The van der Waals surface area contributed by atoms with Crippen LogP contribution in [-0.2, 0) is 0 Å². The summed E-state index contributed by atoms with van der Waals surface area (Å²) >= 11 is 0. The first kappa shape index (κ1) is 18.1. The van der Waals surface area contributed by atoms with Gasteiger partial charge in [-0.1, -0.05) is 6.42 Å². The molecule has 1 aromatic heterocycles. The Labute approximate surface area is 124 Å². The summed E-state index contributed by atoms with van der Waals surface area (Å²) in [6, 6.07) is 1.30. The van der Waals surface area contributed by atoms with Gasteiger partial charge in [-0.15, -0.1) is 24.8 Å². The summed E-state index contributed by atoms with van der Waals surface area (Å²) in [7, 11) is 0. The van der Waals surface area contributed by atoms with E-state index in [0.717, 1.165) is 25.5 Å². The SMILES string of the molecule is Cl.Cl.NCC1CCCC1NC(=O)c1cncc(F)c1. The number of hydrogen-bond acceptors (Lipinski definition) is 3. The lowest BCUT2D eigenvalue weighted by atomic mass is 10.0. The maximum atomic E-state index is 12.9. The number of hydrogen-bond donors (Lipinski definition) is 2. The van der Waals surface area contributed by atoms with E-state index in [2.05, 4.69) is 10.3 Å². The minimum Gasteiger partial charge on any atom is -0.349 e. The largest absolute Gasteiger partial charge is 0.349 e. The number of pyridine rings is 1. The minimum atomic E-state index is -0.501. The summed E-state index contributed by atoms with van der Waals surface area (Å²) in [5, 5.41) is 2.90. The molecule has 1 amide bonds. The summed E-state index contributed by atoms with van der Waals surface area (Å²) in [5.41, 5.74) is 5.90. The molecular weight excluding hydrogens is 292 g/mol. The molecular formula is C12H18Cl2FN3O. The van der Waals surface area contributed by atoms with Crippen LogP contribution in [0.2, 0.25) is 0 Å². The Hall–Kier alpha value is -0.910. The number of rotatable bonds is 3. The predicted octanol–water partition coefficient (Wildman–Crippen LogP) is 1.92. The molecule has 1 heterocycles. The van der Waals surface area contributed by atoms with Crippen molar-refractivity contribution in [3.63, 3.8) is 0 Å². The third-order valence-corrected chi connectivity index (χ3v) is 3.25. The molecule has 0 aliphatic heterocycles. The summed E-state index contributed by atoms with van der Waals surface area (Å²) in [6.07, 6.45) is 5.51. The normalized spacial score (nSPS) is 21.2. The molecule has 0 aromatic carbocycles. The van der Waals surface area contributed by atoms with Crippen LogP contribution in [0.25, 0.3) is 0 Å². The van der Waals surface area contributed by atoms with Crippen LogP contribution in [0.4, 0.5) is 4.39 Å². The molecule has 1 aromatic rings. The van der Waals surface area contributed by atoms with E-state index < -0.39 is 5.82 Å². The highest BCUT2D eigenvalue weighted by Gasteiger charge is 2.27. The molecule has 4 nitrogen and oxygen atoms in total. The lowest BCUT2D eigenvalue weighted by molar-refractivity contribution is 0.0928. The van der Waals surface area contributed by atoms with Crippen LogP contribution in [-0.4, -0.2) is 23.5 Å². The third-order valence-electron chi connectivity index (χ3n) is 3.25. The molecule has 3 N–H and O–H groups in total. The van der Waals surface area contributed by atoms with Crippen LogP contribution in [0, 0.1) is 11.7 Å². The highest BCUT2D eigenvalue weighted by atomic mass is 35.5. The van der Waals surface area contributed by atoms with Gasteiger partial charge in [0.25, 0.3) is 5.91 Å². The van der Waals surface area contributed by atoms with Crippen LogP contribution < -0.4 is 11.1 Å². The van der Waals surface area contributed by atoms with Gasteiger partial charge in [-0.25, -0.2) is 4.39 Å². The van der Waals surface area contributed by atoms with E-state index in [9.17, 15) is 9.18 Å². The number of nitrogens with one attached hydrogen (secondary N) is 1. The fourth-order valence-electron chi connectivity index (χ4n) is 2.30. The Morgan fingerprint density at radius 1 is 1.42 bits per heavy atom. The summed E-state index contributed by atoms with van der Waals surface area (Å²) < 4.78 is 12.9. The van der Waals surface area contributed by atoms with Gasteiger partial charge in [0, 0.05) is 12.2 Å². The summed E-state index contributed by atoms with van der Waals surface area (Å²) in [5.74, 6) is -0.442. The molecule has 1 saturated carbocycles. The van der Waals surface area contributed by atoms with Crippen LogP contribution in [0.5, 0.6) is 0 Å². The fraction of sp³-hybridized carbons (Fsp3) is 0.500. The molecule has 1 aliphatic rings. The maximum Gasteiger partial charge on any atom is 0.253 e. The molecule has 0 saturated heterocycles. The van der Waals surface area contributed by atoms with Gasteiger partial charge < -0.3 is 11.1 Å². The van der Waals surface area contributed by atoms with Gasteiger partial charge in [-0.05, 0) is 31.4 Å². The average Bonchev–Trinajstić information content (AvgIpc) is 2.76. The lowest BCUT2D eigenvalue weighted by Crippen LogP contribution is -2.39. The maximum absolute atomic E-state index is 12.9. The predicted molar refractivity (Wildman–Crippen MR) is 76.3 cm³/mol. The van der Waals surface area contributed by atoms with Crippen molar-refractivity contribution in [2.75, 3.05) is 6.54 Å². The van der Waals surface area contributed by atoms with Crippen molar-refractivity contribution in [1.82, 2.24) is 10.3 Å². The van der Waals surface area contributed by atoms with E-state index in [1.807, 2.05) is 0 Å². The number of amides is 1. The van der Waals surface area contributed by atoms with Gasteiger partial charge in [-0.2, -0.15) is 0 Å². The second-order valence-electron chi connectivity index (χ2n) is 4.40. The molecule has 2 unspecified atom stereocenters. The van der Waals surface area contributed by atoms with Gasteiger partial charge >= 0.3 is 0 Å². The standard InChI is InChI=1S/C12H16FN3O.2ClH/c13-10-4-9(6-15-7-10)12(17)16-11-3-1-2-8(11)5-14;;/h4,6-8,11H,1-3,5,14H2,(H,16,17);2*1H. The summed E-state index contributed by atoms with van der Waals surface area (Å²) in [4.78, 5) is 15.5. The number of carbonyl (C=O) groups is 1. The van der Waals surface area contributed by atoms with E-state index in [1.165, 1.54) is 12.3 Å². The Morgan fingerprint density at radius 3 is 2.79 bits per heavy atom. The second kappa shape index (κ2) is 8.30. The molecule has 0 bridgehead atoms. The van der Waals surface area contributed by atoms with Crippen molar-refractivity contribution in [2.45, 2.75) is 25.3 Å². The van der Waals surface area contributed by atoms with Crippen LogP contribution in [0.15, 0.2) is 18.5 Å². The molecule has 1 fully saturated rings. The smallest absolute Gasteiger partial charge is 0.253 e. The quantitative estimate of drug-likeness (QED) is 0.896. The lowest BCUT2D eigenvalue weighted by Gasteiger charge is -2.19. The molecule has 108 valence electrons. The molecule has 2 atom stereocenters. The van der Waals surface area contributed by atoms with Gasteiger partial charge in [0.2, 0.25) is 0 Å². The highest BCUT2D eigenvalue weighted by molar-refractivity contribution is 5.94. The van der Waals surface area contributed by atoms with Crippen molar-refractivity contribution >= 4 is 30.7 Å². The monoisotopic (exact) mass is 309 g/mol.